The molecule has 30 heavy (non-hydrogen) atoms. The van der Waals surface area contributed by atoms with Crippen molar-refractivity contribution in [2.45, 2.75) is 0 Å². The Hall–Kier alpha value is -4.41. The van der Waals surface area contributed by atoms with Crippen LogP contribution >= 0.6 is 0 Å². The Kier molecular flexibility index (Phi) is 4.34. The minimum Gasteiger partial charge on any atom is -0.442 e. The van der Waals surface area contributed by atoms with E-state index in [2.05, 4.69) is 0 Å². The number of carbonyl (C=O) groups is 5. The SMILES string of the molecule is O=C(CN1C(=O)c2cccc([N+](=O)[O-])c2C1=O)OCN1C(=O)c2ccccc2C1=O. The number of imide groups is 2. The van der Waals surface area contributed by atoms with Gasteiger partial charge in [-0.25, -0.2) is 4.90 Å². The molecule has 2 aliphatic rings. The van der Waals surface area contributed by atoms with Crippen LogP contribution in [-0.2, 0) is 9.53 Å². The average Bonchev–Trinajstić information content (AvgIpc) is 3.12. The Morgan fingerprint density at radius 2 is 1.40 bits per heavy atom. The molecule has 0 unspecified atom stereocenters. The van der Waals surface area contributed by atoms with Gasteiger partial charge in [-0.1, -0.05) is 18.2 Å². The molecule has 150 valence electrons. The fourth-order valence-electron chi connectivity index (χ4n) is 3.28. The van der Waals surface area contributed by atoms with Crippen molar-refractivity contribution < 1.29 is 33.6 Å². The summed E-state index contributed by atoms with van der Waals surface area (Å²) in [5.74, 6) is -4.22. The molecule has 11 nitrogen and oxygen atoms in total. The summed E-state index contributed by atoms with van der Waals surface area (Å²) >= 11 is 0. The van der Waals surface area contributed by atoms with E-state index in [0.29, 0.717) is 4.90 Å². The first-order valence-electron chi connectivity index (χ1n) is 8.55. The second-order valence-electron chi connectivity index (χ2n) is 6.38. The van der Waals surface area contributed by atoms with Gasteiger partial charge in [0, 0.05) is 6.07 Å². The lowest BCUT2D eigenvalue weighted by Gasteiger charge is -2.16. The highest BCUT2D eigenvalue weighted by atomic mass is 16.6. The molecule has 0 saturated heterocycles. The van der Waals surface area contributed by atoms with E-state index < -0.39 is 59.0 Å². The number of nitro groups is 1. The van der Waals surface area contributed by atoms with E-state index in [4.69, 9.17) is 4.74 Å². The number of hydrogen-bond donors (Lipinski definition) is 0. The Balaban J connectivity index is 1.44. The van der Waals surface area contributed by atoms with Crippen LogP contribution in [0.15, 0.2) is 42.5 Å². The third-order valence-electron chi connectivity index (χ3n) is 4.69. The van der Waals surface area contributed by atoms with E-state index in [0.717, 1.165) is 11.0 Å². The molecule has 2 aliphatic heterocycles. The third-order valence-corrected chi connectivity index (χ3v) is 4.69. The lowest BCUT2D eigenvalue weighted by molar-refractivity contribution is -0.385. The number of nitrogens with zero attached hydrogens (tertiary/aromatic N) is 3. The number of amides is 4. The highest BCUT2D eigenvalue weighted by Gasteiger charge is 2.42. The van der Waals surface area contributed by atoms with Crippen molar-refractivity contribution in [2.75, 3.05) is 13.3 Å². The third kappa shape index (κ3) is 2.80. The largest absolute Gasteiger partial charge is 0.442 e. The van der Waals surface area contributed by atoms with Crippen LogP contribution in [0.5, 0.6) is 0 Å². The molecule has 0 bridgehead atoms. The summed E-state index contributed by atoms with van der Waals surface area (Å²) in [4.78, 5) is 73.0. The van der Waals surface area contributed by atoms with Gasteiger partial charge in [-0.15, -0.1) is 0 Å². The normalized spacial score (nSPS) is 14.8. The van der Waals surface area contributed by atoms with Crippen molar-refractivity contribution in [3.63, 3.8) is 0 Å². The molecule has 11 heteroatoms. The van der Waals surface area contributed by atoms with E-state index in [1.807, 2.05) is 0 Å². The molecule has 0 saturated carbocycles. The maximum Gasteiger partial charge on any atom is 0.327 e. The number of nitro benzene ring substituents is 1. The number of esters is 1. The van der Waals surface area contributed by atoms with E-state index in [1.54, 1.807) is 12.1 Å². The van der Waals surface area contributed by atoms with Gasteiger partial charge in [0.2, 0.25) is 0 Å². The number of ether oxygens (including phenoxy) is 1. The van der Waals surface area contributed by atoms with Crippen LogP contribution in [0, 0.1) is 10.1 Å². The first-order chi connectivity index (χ1) is 14.3. The summed E-state index contributed by atoms with van der Waals surface area (Å²) in [7, 11) is 0. The maximum atomic E-state index is 12.5. The molecular formula is C19H11N3O8. The van der Waals surface area contributed by atoms with Crippen LogP contribution in [0.3, 0.4) is 0 Å². The van der Waals surface area contributed by atoms with Gasteiger partial charge in [-0.05, 0) is 18.2 Å². The monoisotopic (exact) mass is 409 g/mol. The molecule has 4 rings (SSSR count). The molecule has 0 atom stereocenters. The zero-order valence-corrected chi connectivity index (χ0v) is 15.1. The van der Waals surface area contributed by atoms with Crippen molar-refractivity contribution in [3.05, 3.63) is 74.8 Å². The first-order valence-corrected chi connectivity index (χ1v) is 8.55. The molecule has 0 radical (unpaired) electrons. The van der Waals surface area contributed by atoms with E-state index in [1.165, 1.54) is 24.3 Å². The number of hydrogen-bond acceptors (Lipinski definition) is 8. The molecule has 0 spiro atoms. The van der Waals surface area contributed by atoms with Crippen LogP contribution in [0.25, 0.3) is 0 Å². The molecule has 2 aromatic rings. The summed E-state index contributed by atoms with van der Waals surface area (Å²) in [5.41, 5.74) is -0.798. The molecule has 2 aromatic carbocycles. The van der Waals surface area contributed by atoms with Gasteiger partial charge >= 0.3 is 5.97 Å². The zero-order valence-electron chi connectivity index (χ0n) is 15.1. The fourth-order valence-corrected chi connectivity index (χ4v) is 3.28. The van der Waals surface area contributed by atoms with Crippen LogP contribution in [0.1, 0.15) is 41.4 Å². The van der Waals surface area contributed by atoms with E-state index in [9.17, 15) is 34.1 Å². The lowest BCUT2D eigenvalue weighted by atomic mass is 10.1. The number of benzene rings is 2. The molecular weight excluding hydrogens is 398 g/mol. The second kappa shape index (κ2) is 6.88. The fraction of sp³-hybridized carbons (Fsp3) is 0.105. The number of fused-ring (bicyclic) bond motifs is 2. The summed E-state index contributed by atoms with van der Waals surface area (Å²) in [6.45, 7) is -1.53. The van der Waals surface area contributed by atoms with Crippen LogP contribution in [0.2, 0.25) is 0 Å². The summed E-state index contributed by atoms with van der Waals surface area (Å²) in [5, 5.41) is 11.1. The second-order valence-corrected chi connectivity index (χ2v) is 6.38. The highest BCUT2D eigenvalue weighted by Crippen LogP contribution is 2.30. The van der Waals surface area contributed by atoms with Crippen LogP contribution in [-0.4, -0.2) is 57.6 Å². The smallest absolute Gasteiger partial charge is 0.327 e. The minimum absolute atomic E-state index is 0.172. The molecule has 0 fully saturated rings. The van der Waals surface area contributed by atoms with E-state index >= 15 is 0 Å². The van der Waals surface area contributed by atoms with Gasteiger partial charge in [0.25, 0.3) is 29.3 Å². The first kappa shape index (κ1) is 18.9. The van der Waals surface area contributed by atoms with Crippen LogP contribution < -0.4 is 0 Å². The summed E-state index contributed by atoms with van der Waals surface area (Å²) in [6.07, 6.45) is 0. The Bertz CT molecular complexity index is 1140. The Morgan fingerprint density at radius 1 is 0.833 bits per heavy atom. The van der Waals surface area contributed by atoms with Crippen molar-refractivity contribution >= 4 is 35.3 Å². The topological polar surface area (TPSA) is 144 Å². The maximum absolute atomic E-state index is 12.5. The predicted molar refractivity (Wildman–Crippen MR) is 96.4 cm³/mol. The van der Waals surface area contributed by atoms with Gasteiger partial charge in [-0.2, -0.15) is 0 Å². The van der Waals surface area contributed by atoms with Crippen molar-refractivity contribution in [2.24, 2.45) is 0 Å². The number of carbonyl (C=O) groups excluding carboxylic acids is 5. The molecule has 4 amide bonds. The summed E-state index contributed by atoms with van der Waals surface area (Å²) in [6, 6.07) is 9.67. The predicted octanol–water partition coefficient (Wildman–Crippen LogP) is 0.988. The Morgan fingerprint density at radius 3 is 2.00 bits per heavy atom. The van der Waals surface area contributed by atoms with Crippen molar-refractivity contribution in [1.29, 1.82) is 0 Å². The molecule has 2 heterocycles. The van der Waals surface area contributed by atoms with Gasteiger partial charge in [-0.3, -0.25) is 39.0 Å². The van der Waals surface area contributed by atoms with Crippen molar-refractivity contribution in [1.82, 2.24) is 9.80 Å². The zero-order chi connectivity index (χ0) is 21.6. The minimum atomic E-state index is -1.07. The van der Waals surface area contributed by atoms with Crippen molar-refractivity contribution in [3.8, 4) is 0 Å². The summed E-state index contributed by atoms with van der Waals surface area (Å²) < 4.78 is 4.90. The van der Waals surface area contributed by atoms with Gasteiger partial charge in [0.05, 0.1) is 21.6 Å². The van der Waals surface area contributed by atoms with Crippen LogP contribution in [0.4, 0.5) is 5.69 Å². The number of rotatable bonds is 5. The lowest BCUT2D eigenvalue weighted by Crippen LogP contribution is -2.38. The van der Waals surface area contributed by atoms with E-state index in [-0.39, 0.29) is 16.7 Å². The molecule has 0 aromatic heterocycles. The quantitative estimate of drug-likeness (QED) is 0.308. The molecule has 0 aliphatic carbocycles. The highest BCUT2D eigenvalue weighted by molar-refractivity contribution is 6.24. The average molecular weight is 409 g/mol. The Labute approximate surface area is 167 Å². The molecule has 0 N–H and O–H groups in total. The van der Waals surface area contributed by atoms with Gasteiger partial charge < -0.3 is 4.74 Å². The van der Waals surface area contributed by atoms with Gasteiger partial charge in [0.15, 0.2) is 6.73 Å². The standard InChI is InChI=1S/C19H11N3O8/c23-14(30-9-21-16(24)10-4-1-2-5-11(10)17(21)25)8-20-18(26)12-6-3-7-13(22(28)29)15(12)19(20)27/h1-7H,8-9H2. The van der Waals surface area contributed by atoms with Gasteiger partial charge in [0.1, 0.15) is 12.1 Å².